The third-order valence-electron chi connectivity index (χ3n) is 11.4. The molecule has 0 radical (unpaired) electrons. The monoisotopic (exact) mass is 895 g/mol. The fraction of sp³-hybridized carbons (Fsp3) is 0.650. The van der Waals surface area contributed by atoms with Gasteiger partial charge in [0, 0.05) is 20.0 Å². The minimum atomic E-state index is -2.00. The van der Waals surface area contributed by atoms with Gasteiger partial charge in [0.15, 0.2) is 12.1 Å². The molecule has 2 aliphatic heterocycles. The van der Waals surface area contributed by atoms with Crippen LogP contribution < -0.4 is 32.7 Å². The first-order valence-corrected chi connectivity index (χ1v) is 21.0. The van der Waals surface area contributed by atoms with Crippen LogP contribution in [0.3, 0.4) is 0 Å². The predicted octanol–water partition coefficient (Wildman–Crippen LogP) is -1.89. The van der Waals surface area contributed by atoms with E-state index in [-0.39, 0.29) is 55.4 Å². The molecule has 2 heterocycles. The fourth-order valence-corrected chi connectivity index (χ4v) is 7.37. The number of nitrogens with one attached hydrogen (secondary N) is 4. The molecule has 21 nitrogen and oxygen atoms in total. The number of aromatic hydroxyl groups is 1. The normalized spacial score (nSPS) is 27.3. The van der Waals surface area contributed by atoms with Gasteiger partial charge in [0.05, 0.1) is 11.6 Å². The zero-order chi connectivity index (χ0) is 46.6. The van der Waals surface area contributed by atoms with Crippen molar-refractivity contribution in [2.24, 2.45) is 28.3 Å². The Morgan fingerprint density at radius 3 is 2.26 bits per heavy atom. The number of phenolic OH excluding ortho intramolecular Hbond substituents is 1. The highest BCUT2D eigenvalue weighted by Crippen LogP contribution is 2.29. The molecule has 0 saturated carbocycles. The van der Waals surface area contributed by atoms with Crippen LogP contribution in [0.25, 0.3) is 0 Å². The molecule has 12 N–H and O–H groups in total. The summed E-state index contributed by atoms with van der Waals surface area (Å²) in [7, 11) is 1.34. The number of guanidine groups is 1. The standard InChI is InChI=1S/C40H62ClN9O12/c1-7-19(3)30-39(61)62-21(5)31(48-35(57)28(53)18-51)36(58)45-24(10-9-15-44-40(42)43)33(55)46-25-12-14-29(54)50(37(25)59)32(20(4)8-2)38(60)49(6)26(34(56)47-30)17-22-11-13-27(52)23(41)16-22/h11,13,16,19-21,24-26,28-32,51-54H,7-10,12,14-15,17-18H2,1-6H3,(H,45,58)(H,46,55)(H,47,56)(H,48,57)(H4,42,43,44)/t19?,20?,21-,24+,25-,26+,28-,29-,30+,31+,32+/m1/s1. The highest BCUT2D eigenvalue weighted by Gasteiger charge is 2.47. The van der Waals surface area contributed by atoms with Gasteiger partial charge in [0.1, 0.15) is 54.3 Å². The highest BCUT2D eigenvalue weighted by atomic mass is 35.5. The molecule has 1 aromatic rings. The number of hydrogen-bond donors (Lipinski definition) is 10. The zero-order valence-corrected chi connectivity index (χ0v) is 36.6. The molecule has 2 fully saturated rings. The Morgan fingerprint density at radius 2 is 1.66 bits per heavy atom. The van der Waals surface area contributed by atoms with Crippen LogP contribution in [0.2, 0.25) is 5.02 Å². The molecular weight excluding hydrogens is 834 g/mol. The second kappa shape index (κ2) is 23.3. The number of fused-ring (bicyclic) bond motifs is 2. The lowest BCUT2D eigenvalue weighted by atomic mass is 9.91. The number of nitrogens with zero attached hydrogens (tertiary/aromatic N) is 3. The van der Waals surface area contributed by atoms with E-state index >= 15 is 0 Å². The maximum atomic E-state index is 14.8. The molecule has 0 spiro atoms. The second-order valence-electron chi connectivity index (χ2n) is 15.9. The minimum absolute atomic E-state index is 0.0247. The molecule has 0 aromatic heterocycles. The van der Waals surface area contributed by atoms with E-state index in [0.29, 0.717) is 18.4 Å². The first kappa shape index (κ1) is 51.1. The van der Waals surface area contributed by atoms with Crippen LogP contribution in [0.4, 0.5) is 0 Å². The van der Waals surface area contributed by atoms with Gasteiger partial charge in [0.25, 0.3) is 5.91 Å². The van der Waals surface area contributed by atoms with Crippen molar-refractivity contribution >= 4 is 59.0 Å². The molecule has 346 valence electrons. The van der Waals surface area contributed by atoms with Crippen molar-refractivity contribution in [1.29, 1.82) is 0 Å². The Labute approximate surface area is 365 Å². The summed E-state index contributed by atoms with van der Waals surface area (Å²) in [6.45, 7) is 7.09. The molecule has 0 aliphatic carbocycles. The van der Waals surface area contributed by atoms with Crippen molar-refractivity contribution < 1.29 is 58.7 Å². The van der Waals surface area contributed by atoms with Crippen LogP contribution in [0.5, 0.6) is 5.75 Å². The summed E-state index contributed by atoms with van der Waals surface area (Å²) in [4.78, 5) is 105. The number of benzene rings is 1. The number of aliphatic hydroxyl groups is 3. The average Bonchev–Trinajstić information content (AvgIpc) is 3.23. The van der Waals surface area contributed by atoms with E-state index in [1.165, 1.54) is 32.2 Å². The molecule has 11 atom stereocenters. The number of esters is 1. The zero-order valence-electron chi connectivity index (χ0n) is 35.9. The molecular formula is C40H62ClN9O12. The van der Waals surface area contributed by atoms with E-state index < -0.39 is 115 Å². The number of ether oxygens (including phenoxy) is 1. The third-order valence-corrected chi connectivity index (χ3v) is 11.7. The molecule has 2 aliphatic rings. The summed E-state index contributed by atoms with van der Waals surface area (Å²) in [6, 6.07) is -4.53. The number of aliphatic hydroxyl groups excluding tert-OH is 3. The van der Waals surface area contributed by atoms with E-state index in [4.69, 9.17) is 27.8 Å². The Bertz CT molecular complexity index is 1820. The number of hydrogen-bond acceptors (Lipinski definition) is 13. The molecule has 6 amide bonds. The summed E-state index contributed by atoms with van der Waals surface area (Å²) >= 11 is 6.22. The van der Waals surface area contributed by atoms with Crippen molar-refractivity contribution in [3.05, 3.63) is 28.8 Å². The van der Waals surface area contributed by atoms with Crippen molar-refractivity contribution in [2.75, 3.05) is 20.2 Å². The number of aliphatic imine (C=N–C) groups is 1. The van der Waals surface area contributed by atoms with E-state index in [1.54, 1.807) is 27.7 Å². The number of carbonyl (C=O) groups is 7. The van der Waals surface area contributed by atoms with Gasteiger partial charge in [-0.15, -0.1) is 0 Å². The number of amides is 6. The van der Waals surface area contributed by atoms with Crippen molar-refractivity contribution in [3.63, 3.8) is 0 Å². The molecule has 3 rings (SSSR count). The average molecular weight is 896 g/mol. The van der Waals surface area contributed by atoms with Gasteiger partial charge in [0.2, 0.25) is 29.5 Å². The molecule has 62 heavy (non-hydrogen) atoms. The van der Waals surface area contributed by atoms with Gasteiger partial charge >= 0.3 is 5.97 Å². The van der Waals surface area contributed by atoms with Crippen LogP contribution in [0, 0.1) is 11.8 Å². The first-order chi connectivity index (χ1) is 29.2. The lowest BCUT2D eigenvalue weighted by molar-refractivity contribution is -0.168. The van der Waals surface area contributed by atoms with Crippen LogP contribution >= 0.6 is 11.6 Å². The van der Waals surface area contributed by atoms with E-state index in [0.717, 1.165) is 9.80 Å². The minimum Gasteiger partial charge on any atom is -0.506 e. The summed E-state index contributed by atoms with van der Waals surface area (Å²) in [6.07, 6.45) is -4.73. The topological polar surface area (TPSA) is 329 Å². The Balaban J connectivity index is 2.26. The number of cyclic esters (lactones) is 1. The van der Waals surface area contributed by atoms with Crippen molar-refractivity contribution in [1.82, 2.24) is 31.1 Å². The quantitative estimate of drug-likeness (QED) is 0.0448. The van der Waals surface area contributed by atoms with E-state index in [9.17, 15) is 54.0 Å². The number of phenols is 1. The summed E-state index contributed by atoms with van der Waals surface area (Å²) in [5.74, 6) is -8.31. The van der Waals surface area contributed by atoms with Crippen LogP contribution in [0.15, 0.2) is 23.2 Å². The first-order valence-electron chi connectivity index (χ1n) is 20.7. The lowest BCUT2D eigenvalue weighted by Crippen LogP contribution is -2.66. The molecule has 22 heteroatoms. The van der Waals surface area contributed by atoms with Crippen LogP contribution in [-0.2, 0) is 44.7 Å². The molecule has 2 bridgehead atoms. The van der Waals surface area contributed by atoms with Gasteiger partial charge in [-0.3, -0.25) is 33.8 Å². The SMILES string of the molecule is CCC(C)[C@@H]1NC(=O)[C@H](Cc2ccc(O)c(Cl)c2)N(C)C(=O)[C@H](C(C)CC)N2C(=O)[C@@H](CC[C@H]2O)NC(=O)[C@H](CCCN=C(N)N)NC(=O)[C@@H](NC(=O)[C@H](O)CO)[C@@H](C)OC1=O. The summed E-state index contributed by atoms with van der Waals surface area (Å²) < 4.78 is 5.74. The van der Waals surface area contributed by atoms with Gasteiger partial charge in [-0.25, -0.2) is 4.79 Å². The summed E-state index contributed by atoms with van der Waals surface area (Å²) in [5, 5.41) is 51.1. The van der Waals surface area contributed by atoms with Crippen molar-refractivity contribution in [3.8, 4) is 5.75 Å². The Kier molecular flexibility index (Phi) is 19.2. The highest BCUT2D eigenvalue weighted by molar-refractivity contribution is 6.32. The number of likely N-dealkylation sites (N-methyl/N-ethyl adjacent to an activating group) is 1. The van der Waals surface area contributed by atoms with Crippen LogP contribution in [-0.4, -0.2) is 152 Å². The molecule has 1 aromatic carbocycles. The van der Waals surface area contributed by atoms with Gasteiger partial charge in [-0.1, -0.05) is 58.2 Å². The number of rotatable bonds is 13. The summed E-state index contributed by atoms with van der Waals surface area (Å²) in [5.41, 5.74) is 11.3. The maximum Gasteiger partial charge on any atom is 0.329 e. The number of halogens is 1. The largest absolute Gasteiger partial charge is 0.506 e. The maximum absolute atomic E-state index is 14.8. The molecule has 2 saturated heterocycles. The Hall–Kier alpha value is -5.25. The lowest BCUT2D eigenvalue weighted by Gasteiger charge is -2.44. The number of nitrogens with two attached hydrogens (primary N) is 2. The second-order valence-corrected chi connectivity index (χ2v) is 16.3. The van der Waals surface area contributed by atoms with Gasteiger partial charge in [-0.2, -0.15) is 0 Å². The number of piperidine rings is 1. The van der Waals surface area contributed by atoms with Crippen molar-refractivity contribution in [2.45, 2.75) is 134 Å². The fourth-order valence-electron chi connectivity index (χ4n) is 7.17. The predicted molar refractivity (Wildman–Crippen MR) is 224 cm³/mol. The smallest absolute Gasteiger partial charge is 0.329 e. The third kappa shape index (κ3) is 13.1. The van der Waals surface area contributed by atoms with Gasteiger partial charge < -0.3 is 67.7 Å². The molecule has 2 unspecified atom stereocenters. The van der Waals surface area contributed by atoms with Gasteiger partial charge in [-0.05, 0) is 62.1 Å². The van der Waals surface area contributed by atoms with Crippen LogP contribution in [0.1, 0.15) is 78.7 Å². The Morgan fingerprint density at radius 1 is 1.00 bits per heavy atom. The van der Waals surface area contributed by atoms with E-state index in [2.05, 4.69) is 26.3 Å². The number of carbonyl (C=O) groups excluding carboxylic acids is 7. The van der Waals surface area contributed by atoms with E-state index in [1.807, 2.05) is 0 Å².